The quantitative estimate of drug-likeness (QED) is 0.489. The van der Waals surface area contributed by atoms with Crippen LogP contribution in [0.4, 0.5) is 0 Å². The van der Waals surface area contributed by atoms with E-state index in [9.17, 15) is 14.7 Å². The molecule has 0 aromatic heterocycles. The standard InChI is InChI=1S/C10H12BNO3/c11-12-10(15)9(14)8(6-13)7-4-2-1-3-5-7/h1-6,8-9,14H,11H2,(H,12,15). The molecule has 1 aromatic carbocycles. The third-order valence-corrected chi connectivity index (χ3v) is 2.19. The second-order valence-corrected chi connectivity index (χ2v) is 3.13. The molecule has 0 aliphatic heterocycles. The molecule has 1 rings (SSSR count). The van der Waals surface area contributed by atoms with Gasteiger partial charge in [-0.3, -0.25) is 4.79 Å². The lowest BCUT2D eigenvalue weighted by molar-refractivity contribution is -0.131. The second-order valence-electron chi connectivity index (χ2n) is 3.13. The first-order chi connectivity index (χ1) is 7.20. The first-order valence-electron chi connectivity index (χ1n) is 4.60. The van der Waals surface area contributed by atoms with E-state index in [2.05, 4.69) is 5.23 Å². The van der Waals surface area contributed by atoms with Gasteiger partial charge in [0.05, 0.1) is 5.92 Å². The molecule has 0 fully saturated rings. The predicted octanol–water partition coefficient (Wildman–Crippen LogP) is -1.01. The number of amides is 1. The van der Waals surface area contributed by atoms with Crippen molar-refractivity contribution in [1.82, 2.24) is 5.23 Å². The number of aliphatic hydroxyl groups is 1. The summed E-state index contributed by atoms with van der Waals surface area (Å²) < 4.78 is 0. The molecule has 0 aliphatic rings. The molecule has 1 aromatic rings. The molecule has 15 heavy (non-hydrogen) atoms. The number of nitrogens with one attached hydrogen (secondary N) is 1. The van der Waals surface area contributed by atoms with E-state index in [-0.39, 0.29) is 0 Å². The van der Waals surface area contributed by atoms with Crippen molar-refractivity contribution < 1.29 is 14.7 Å². The Morgan fingerprint density at radius 2 is 2.00 bits per heavy atom. The molecule has 2 unspecified atom stereocenters. The van der Waals surface area contributed by atoms with Gasteiger partial charge in [-0.25, -0.2) is 0 Å². The SMILES string of the molecule is BNC(=O)C(O)C(C=O)c1ccccc1. The van der Waals surface area contributed by atoms with Crippen LogP contribution in [0.25, 0.3) is 0 Å². The molecule has 2 atom stereocenters. The van der Waals surface area contributed by atoms with Crippen molar-refractivity contribution in [3.8, 4) is 0 Å². The summed E-state index contributed by atoms with van der Waals surface area (Å²) in [6, 6.07) is 8.71. The number of hydrogen-bond donors (Lipinski definition) is 2. The van der Waals surface area contributed by atoms with Crippen LogP contribution in [-0.4, -0.2) is 31.4 Å². The zero-order valence-corrected chi connectivity index (χ0v) is 8.38. The number of hydrogen-bond acceptors (Lipinski definition) is 3. The summed E-state index contributed by atoms with van der Waals surface area (Å²) in [5, 5.41) is 11.9. The minimum Gasteiger partial charge on any atom is -0.404 e. The molecule has 1 amide bonds. The Morgan fingerprint density at radius 3 is 2.47 bits per heavy atom. The van der Waals surface area contributed by atoms with E-state index in [1.807, 2.05) is 0 Å². The third kappa shape index (κ3) is 2.67. The minimum atomic E-state index is -1.34. The lowest BCUT2D eigenvalue weighted by atomic mass is 9.94. The van der Waals surface area contributed by atoms with E-state index in [4.69, 9.17) is 0 Å². The average molecular weight is 205 g/mol. The Kier molecular flexibility index (Phi) is 4.06. The number of rotatable bonds is 4. The van der Waals surface area contributed by atoms with Crippen LogP contribution in [0.15, 0.2) is 30.3 Å². The fourth-order valence-electron chi connectivity index (χ4n) is 1.32. The number of aliphatic hydroxyl groups excluding tert-OH is 1. The molecule has 0 radical (unpaired) electrons. The number of aldehydes is 1. The van der Waals surface area contributed by atoms with Crippen molar-refractivity contribution >= 4 is 20.2 Å². The van der Waals surface area contributed by atoms with Crippen molar-refractivity contribution in [3.63, 3.8) is 0 Å². The molecule has 5 heteroatoms. The van der Waals surface area contributed by atoms with E-state index in [1.165, 1.54) is 7.98 Å². The van der Waals surface area contributed by atoms with Crippen molar-refractivity contribution in [2.75, 3.05) is 0 Å². The highest BCUT2D eigenvalue weighted by molar-refractivity contribution is 6.15. The summed E-state index contributed by atoms with van der Waals surface area (Å²) >= 11 is 0. The monoisotopic (exact) mass is 205 g/mol. The molecule has 0 saturated carbocycles. The highest BCUT2D eigenvalue weighted by Gasteiger charge is 2.25. The molecule has 4 nitrogen and oxygen atoms in total. The zero-order valence-electron chi connectivity index (χ0n) is 8.38. The zero-order chi connectivity index (χ0) is 11.3. The number of carbonyl (C=O) groups is 2. The highest BCUT2D eigenvalue weighted by Crippen LogP contribution is 2.17. The summed E-state index contributed by atoms with van der Waals surface area (Å²) in [7, 11) is 1.42. The summed E-state index contributed by atoms with van der Waals surface area (Å²) in [6.45, 7) is 0. The fourth-order valence-corrected chi connectivity index (χ4v) is 1.32. The molecule has 0 bridgehead atoms. The Morgan fingerprint density at radius 1 is 1.40 bits per heavy atom. The third-order valence-electron chi connectivity index (χ3n) is 2.19. The highest BCUT2D eigenvalue weighted by atomic mass is 16.3. The summed E-state index contributed by atoms with van der Waals surface area (Å²) in [4.78, 5) is 22.0. The van der Waals surface area contributed by atoms with Crippen molar-refractivity contribution in [2.24, 2.45) is 0 Å². The largest absolute Gasteiger partial charge is 0.404 e. The minimum absolute atomic E-state index is 0.559. The van der Waals surface area contributed by atoms with Crippen LogP contribution in [0.1, 0.15) is 11.5 Å². The van der Waals surface area contributed by atoms with Crippen LogP contribution in [0.5, 0.6) is 0 Å². The molecular formula is C10H12BNO3. The van der Waals surface area contributed by atoms with Gasteiger partial charge in [-0.2, -0.15) is 0 Å². The molecule has 0 spiro atoms. The van der Waals surface area contributed by atoms with Gasteiger partial charge in [0.2, 0.25) is 13.9 Å². The Hall–Kier alpha value is -1.62. The van der Waals surface area contributed by atoms with Crippen molar-refractivity contribution in [3.05, 3.63) is 35.9 Å². The van der Waals surface area contributed by atoms with E-state index in [0.717, 1.165) is 0 Å². The Balaban J connectivity index is 2.89. The first-order valence-corrected chi connectivity index (χ1v) is 4.60. The maximum absolute atomic E-state index is 11.2. The van der Waals surface area contributed by atoms with E-state index in [1.54, 1.807) is 30.3 Å². The van der Waals surface area contributed by atoms with Crippen LogP contribution in [-0.2, 0) is 9.59 Å². The second kappa shape index (κ2) is 5.31. The van der Waals surface area contributed by atoms with E-state index in [0.29, 0.717) is 11.8 Å². The number of benzene rings is 1. The summed E-state index contributed by atoms with van der Waals surface area (Å²) in [5.74, 6) is -1.37. The summed E-state index contributed by atoms with van der Waals surface area (Å²) in [6.07, 6.45) is -0.759. The van der Waals surface area contributed by atoms with Gasteiger partial charge in [-0.15, -0.1) is 0 Å². The van der Waals surface area contributed by atoms with Crippen LogP contribution in [0.2, 0.25) is 0 Å². The van der Waals surface area contributed by atoms with Gasteiger partial charge in [0.25, 0.3) is 0 Å². The molecule has 78 valence electrons. The van der Waals surface area contributed by atoms with Gasteiger partial charge < -0.3 is 15.1 Å². The summed E-state index contributed by atoms with van der Waals surface area (Å²) in [5.41, 5.74) is 0.628. The molecule has 2 N–H and O–H groups in total. The van der Waals surface area contributed by atoms with Crippen LogP contribution < -0.4 is 5.23 Å². The van der Waals surface area contributed by atoms with E-state index < -0.39 is 17.9 Å². The molecular weight excluding hydrogens is 193 g/mol. The average Bonchev–Trinajstić information content (AvgIpc) is 2.30. The van der Waals surface area contributed by atoms with Gasteiger partial charge >= 0.3 is 0 Å². The number of carbonyl (C=O) groups excluding carboxylic acids is 2. The maximum atomic E-state index is 11.2. The smallest absolute Gasteiger partial charge is 0.237 e. The lowest BCUT2D eigenvalue weighted by Crippen LogP contribution is -2.37. The fraction of sp³-hybridized carbons (Fsp3) is 0.200. The predicted molar refractivity (Wildman–Crippen MR) is 57.9 cm³/mol. The first kappa shape index (κ1) is 11.5. The van der Waals surface area contributed by atoms with Crippen molar-refractivity contribution in [2.45, 2.75) is 12.0 Å². The van der Waals surface area contributed by atoms with Gasteiger partial charge in [-0.1, -0.05) is 30.3 Å². The van der Waals surface area contributed by atoms with Gasteiger partial charge in [0.15, 0.2) is 0 Å². The van der Waals surface area contributed by atoms with Gasteiger partial charge in [-0.05, 0) is 5.56 Å². The topological polar surface area (TPSA) is 66.4 Å². The lowest BCUT2D eigenvalue weighted by Gasteiger charge is -2.16. The normalized spacial score (nSPS) is 13.9. The molecule has 0 heterocycles. The Labute approximate surface area is 88.7 Å². The van der Waals surface area contributed by atoms with Crippen LogP contribution in [0.3, 0.4) is 0 Å². The maximum Gasteiger partial charge on any atom is 0.237 e. The van der Waals surface area contributed by atoms with Crippen LogP contribution >= 0.6 is 0 Å². The van der Waals surface area contributed by atoms with Gasteiger partial charge in [0, 0.05) is 0 Å². The van der Waals surface area contributed by atoms with Crippen LogP contribution in [0, 0.1) is 0 Å². The molecule has 0 aliphatic carbocycles. The molecule has 0 saturated heterocycles. The Bertz CT molecular complexity index is 342. The van der Waals surface area contributed by atoms with Crippen molar-refractivity contribution in [1.29, 1.82) is 0 Å². The van der Waals surface area contributed by atoms with E-state index >= 15 is 0 Å². The van der Waals surface area contributed by atoms with Gasteiger partial charge in [0.1, 0.15) is 12.4 Å².